The third kappa shape index (κ3) is 1.93. The highest BCUT2D eigenvalue weighted by Gasteiger charge is 2.24. The molecule has 2 aliphatic heterocycles. The highest BCUT2D eigenvalue weighted by atomic mass is 32.2. The zero-order valence-electron chi connectivity index (χ0n) is 6.49. The lowest BCUT2D eigenvalue weighted by Crippen LogP contribution is -2.35. The SMILES string of the molecule is [C]1NC=CSC1C1CNC=CS1. The van der Waals surface area contributed by atoms with Gasteiger partial charge in [-0.3, -0.25) is 0 Å². The van der Waals surface area contributed by atoms with E-state index in [0.717, 1.165) is 6.54 Å². The van der Waals surface area contributed by atoms with Gasteiger partial charge in [-0.25, -0.2) is 0 Å². The Hall–Kier alpha value is -0.220. The second kappa shape index (κ2) is 4.14. The molecule has 4 heteroatoms. The van der Waals surface area contributed by atoms with Crippen molar-refractivity contribution in [1.82, 2.24) is 10.6 Å². The average molecular weight is 198 g/mol. The van der Waals surface area contributed by atoms with E-state index in [1.54, 1.807) is 0 Å². The fourth-order valence-electron chi connectivity index (χ4n) is 1.10. The molecule has 2 N–H and O–H groups in total. The second-order valence-electron chi connectivity index (χ2n) is 2.53. The van der Waals surface area contributed by atoms with E-state index in [-0.39, 0.29) is 0 Å². The van der Waals surface area contributed by atoms with Crippen LogP contribution < -0.4 is 10.6 Å². The predicted molar refractivity (Wildman–Crippen MR) is 55.4 cm³/mol. The van der Waals surface area contributed by atoms with Crippen LogP contribution in [-0.4, -0.2) is 17.0 Å². The van der Waals surface area contributed by atoms with E-state index in [0.29, 0.717) is 10.5 Å². The average Bonchev–Trinajstić information content (AvgIpc) is 2.21. The lowest BCUT2D eigenvalue weighted by atomic mass is 10.3. The summed E-state index contributed by atoms with van der Waals surface area (Å²) in [6.07, 6.45) is 3.91. The molecule has 0 amide bonds. The van der Waals surface area contributed by atoms with Crippen LogP contribution in [-0.2, 0) is 0 Å². The van der Waals surface area contributed by atoms with Gasteiger partial charge in [0.1, 0.15) is 6.54 Å². The van der Waals surface area contributed by atoms with Crippen LogP contribution in [0, 0.1) is 6.54 Å². The molecule has 0 saturated heterocycles. The van der Waals surface area contributed by atoms with Crippen LogP contribution in [0.3, 0.4) is 0 Å². The minimum Gasteiger partial charge on any atom is -0.389 e. The Bertz CT molecular complexity index is 181. The number of hydrogen-bond donors (Lipinski definition) is 2. The van der Waals surface area contributed by atoms with E-state index in [9.17, 15) is 0 Å². The summed E-state index contributed by atoms with van der Waals surface area (Å²) in [6, 6.07) is 0. The van der Waals surface area contributed by atoms with Gasteiger partial charge in [-0.2, -0.15) is 0 Å². The van der Waals surface area contributed by atoms with Crippen LogP contribution in [0.2, 0.25) is 0 Å². The van der Waals surface area contributed by atoms with Gasteiger partial charge in [0, 0.05) is 24.2 Å². The van der Waals surface area contributed by atoms with E-state index < -0.39 is 0 Å². The van der Waals surface area contributed by atoms with Crippen LogP contribution in [0.1, 0.15) is 0 Å². The molecule has 2 rings (SSSR count). The normalized spacial score (nSPS) is 34.0. The first-order valence-corrected chi connectivity index (χ1v) is 5.71. The standard InChI is InChI=1S/C8H10N2S2/c1-3-11-7(5-9-1)8-6-10-2-4-12-8/h1-4,7-10H,5H2. The molecule has 64 valence electrons. The first-order chi connectivity index (χ1) is 5.97. The molecule has 2 atom stereocenters. The van der Waals surface area contributed by atoms with Crippen molar-refractivity contribution >= 4 is 23.5 Å². The Morgan fingerprint density at radius 3 is 2.83 bits per heavy atom. The van der Waals surface area contributed by atoms with Crippen molar-refractivity contribution in [2.75, 3.05) is 6.54 Å². The van der Waals surface area contributed by atoms with Gasteiger partial charge < -0.3 is 10.6 Å². The van der Waals surface area contributed by atoms with Gasteiger partial charge in [0.15, 0.2) is 0 Å². The first-order valence-electron chi connectivity index (χ1n) is 3.82. The van der Waals surface area contributed by atoms with Crippen LogP contribution in [0.15, 0.2) is 23.2 Å². The highest BCUT2D eigenvalue weighted by Crippen LogP contribution is 2.30. The van der Waals surface area contributed by atoms with Crippen molar-refractivity contribution in [2.45, 2.75) is 10.5 Å². The maximum Gasteiger partial charge on any atom is 0.103 e. The Balaban J connectivity index is 1.90. The smallest absolute Gasteiger partial charge is 0.103 e. The van der Waals surface area contributed by atoms with Crippen LogP contribution in [0.4, 0.5) is 0 Å². The van der Waals surface area contributed by atoms with Gasteiger partial charge in [-0.15, -0.1) is 23.5 Å². The first kappa shape index (κ1) is 8.38. The van der Waals surface area contributed by atoms with Crippen molar-refractivity contribution in [3.8, 4) is 0 Å². The molecule has 12 heavy (non-hydrogen) atoms. The van der Waals surface area contributed by atoms with Crippen LogP contribution >= 0.6 is 23.5 Å². The van der Waals surface area contributed by atoms with E-state index in [1.165, 1.54) is 0 Å². The molecule has 0 spiro atoms. The van der Waals surface area contributed by atoms with Crippen molar-refractivity contribution in [3.05, 3.63) is 29.8 Å². The lowest BCUT2D eigenvalue weighted by molar-refractivity contribution is 0.743. The molecular formula is C8H10N2S2. The van der Waals surface area contributed by atoms with E-state index in [2.05, 4.69) is 28.0 Å². The number of nitrogens with one attached hydrogen (secondary N) is 2. The van der Waals surface area contributed by atoms with Crippen molar-refractivity contribution in [1.29, 1.82) is 0 Å². The summed E-state index contributed by atoms with van der Waals surface area (Å²) in [5.41, 5.74) is 0. The molecule has 2 radical (unpaired) electrons. The Kier molecular flexibility index (Phi) is 2.89. The Labute approximate surface area is 81.2 Å². The maximum absolute atomic E-state index is 3.23. The number of rotatable bonds is 1. The van der Waals surface area contributed by atoms with Gasteiger partial charge in [0.25, 0.3) is 0 Å². The number of hydrogen-bond acceptors (Lipinski definition) is 4. The minimum atomic E-state index is 0.456. The molecule has 2 aliphatic rings. The molecule has 2 heterocycles. The molecule has 2 nitrogen and oxygen atoms in total. The van der Waals surface area contributed by atoms with Gasteiger partial charge >= 0.3 is 0 Å². The van der Waals surface area contributed by atoms with E-state index in [1.807, 2.05) is 35.9 Å². The predicted octanol–water partition coefficient (Wildman–Crippen LogP) is 1.38. The topological polar surface area (TPSA) is 24.1 Å². The molecule has 0 aromatic heterocycles. The van der Waals surface area contributed by atoms with Crippen LogP contribution in [0.25, 0.3) is 0 Å². The molecule has 0 saturated carbocycles. The largest absolute Gasteiger partial charge is 0.389 e. The fraction of sp³-hybridized carbons (Fsp3) is 0.375. The summed E-state index contributed by atoms with van der Waals surface area (Å²) < 4.78 is 0. The summed E-state index contributed by atoms with van der Waals surface area (Å²) in [7, 11) is 0. The quantitative estimate of drug-likeness (QED) is 0.664. The zero-order valence-corrected chi connectivity index (χ0v) is 8.12. The second-order valence-corrected chi connectivity index (χ2v) is 4.74. The third-order valence-electron chi connectivity index (χ3n) is 1.70. The monoisotopic (exact) mass is 198 g/mol. The maximum atomic E-state index is 3.23. The molecule has 0 aromatic carbocycles. The summed E-state index contributed by atoms with van der Waals surface area (Å²) >= 11 is 3.69. The summed E-state index contributed by atoms with van der Waals surface area (Å²) in [6.45, 7) is 4.25. The minimum absolute atomic E-state index is 0.456. The lowest BCUT2D eigenvalue weighted by Gasteiger charge is -2.27. The van der Waals surface area contributed by atoms with Gasteiger partial charge in [0.05, 0.1) is 5.25 Å². The summed E-state index contributed by atoms with van der Waals surface area (Å²) in [5, 5.41) is 11.5. The van der Waals surface area contributed by atoms with Crippen LogP contribution in [0.5, 0.6) is 0 Å². The zero-order chi connectivity index (χ0) is 8.23. The highest BCUT2D eigenvalue weighted by molar-refractivity contribution is 8.06. The molecule has 0 aliphatic carbocycles. The van der Waals surface area contributed by atoms with Gasteiger partial charge in [-0.1, -0.05) is 0 Å². The van der Waals surface area contributed by atoms with Gasteiger partial charge in [-0.05, 0) is 10.8 Å². The molecule has 0 bridgehead atoms. The fourth-order valence-corrected chi connectivity index (χ4v) is 2.99. The molecular weight excluding hydrogens is 188 g/mol. The van der Waals surface area contributed by atoms with E-state index in [4.69, 9.17) is 0 Å². The van der Waals surface area contributed by atoms with Gasteiger partial charge in [0.2, 0.25) is 0 Å². The summed E-state index contributed by atoms with van der Waals surface area (Å²) in [5.74, 6) is 0. The molecule has 0 fully saturated rings. The number of thioether (sulfide) groups is 2. The van der Waals surface area contributed by atoms with E-state index >= 15 is 0 Å². The molecule has 0 aromatic rings. The van der Waals surface area contributed by atoms with Crippen molar-refractivity contribution in [3.63, 3.8) is 0 Å². The molecule has 2 unspecified atom stereocenters. The Morgan fingerprint density at radius 1 is 1.25 bits per heavy atom. The third-order valence-corrected chi connectivity index (χ3v) is 3.98. The van der Waals surface area contributed by atoms with Crippen molar-refractivity contribution in [2.24, 2.45) is 0 Å². The summed E-state index contributed by atoms with van der Waals surface area (Å²) in [4.78, 5) is 0. The Morgan fingerprint density at radius 2 is 2.17 bits per heavy atom. The van der Waals surface area contributed by atoms with Crippen molar-refractivity contribution < 1.29 is 0 Å².